The molecule has 1 aliphatic carbocycles. The molecule has 0 unspecified atom stereocenters. The van der Waals surface area contributed by atoms with Gasteiger partial charge in [-0.05, 0) is 55.7 Å². The minimum atomic E-state index is -0.203. The van der Waals surface area contributed by atoms with Gasteiger partial charge in [-0.3, -0.25) is 14.2 Å². The summed E-state index contributed by atoms with van der Waals surface area (Å²) in [5, 5.41) is 3.38. The normalized spacial score (nSPS) is 13.3. The van der Waals surface area contributed by atoms with E-state index in [2.05, 4.69) is 27.4 Å². The third kappa shape index (κ3) is 4.11. The molecule has 1 aromatic carbocycles. The van der Waals surface area contributed by atoms with E-state index >= 15 is 0 Å². The van der Waals surface area contributed by atoms with E-state index in [-0.39, 0.29) is 18.0 Å². The largest absolute Gasteiger partial charge is 0.355 e. The summed E-state index contributed by atoms with van der Waals surface area (Å²) in [6.45, 7) is 0.558. The van der Waals surface area contributed by atoms with E-state index in [0.29, 0.717) is 17.6 Å². The first kappa shape index (κ1) is 18.3. The number of hydrogen-bond acceptors (Lipinski definition) is 4. The molecule has 0 fully saturated rings. The predicted octanol–water partition coefficient (Wildman–Crippen LogP) is 2.42. The Labute approximate surface area is 163 Å². The molecular weight excluding hydrogens is 352 g/mol. The number of nitrogens with one attached hydrogen (secondary N) is 1. The van der Waals surface area contributed by atoms with Gasteiger partial charge in [0, 0.05) is 12.2 Å². The molecule has 0 spiro atoms. The molecule has 0 bridgehead atoms. The molecule has 2 heterocycles. The molecule has 1 aliphatic rings. The fourth-order valence-corrected chi connectivity index (χ4v) is 3.70. The number of carbonyl (C=O) groups excluding carboxylic acids is 1. The van der Waals surface area contributed by atoms with Crippen molar-refractivity contribution in [3.63, 3.8) is 0 Å². The Kier molecular flexibility index (Phi) is 5.46. The monoisotopic (exact) mass is 376 g/mol. The van der Waals surface area contributed by atoms with E-state index in [4.69, 9.17) is 0 Å². The zero-order chi connectivity index (χ0) is 19.3. The molecule has 6 nitrogen and oxygen atoms in total. The van der Waals surface area contributed by atoms with Gasteiger partial charge in [0.15, 0.2) is 5.65 Å². The second-order valence-electron chi connectivity index (χ2n) is 7.29. The Hall–Kier alpha value is -3.02. The number of rotatable bonds is 6. The molecule has 3 aromatic rings. The van der Waals surface area contributed by atoms with Crippen LogP contribution in [-0.2, 0) is 30.6 Å². The summed E-state index contributed by atoms with van der Waals surface area (Å²) >= 11 is 0. The summed E-state index contributed by atoms with van der Waals surface area (Å²) < 4.78 is 1.37. The van der Waals surface area contributed by atoms with Gasteiger partial charge in [-0.15, -0.1) is 0 Å². The van der Waals surface area contributed by atoms with E-state index in [0.717, 1.165) is 49.8 Å². The minimum Gasteiger partial charge on any atom is -0.355 e. The summed E-state index contributed by atoms with van der Waals surface area (Å²) in [7, 11) is 0. The van der Waals surface area contributed by atoms with Crippen LogP contribution in [0.4, 0.5) is 0 Å². The fraction of sp³-hybridized carbons (Fsp3) is 0.364. The molecule has 0 saturated heterocycles. The van der Waals surface area contributed by atoms with Crippen molar-refractivity contribution < 1.29 is 4.79 Å². The van der Waals surface area contributed by atoms with Gasteiger partial charge in [-0.25, -0.2) is 9.97 Å². The van der Waals surface area contributed by atoms with Gasteiger partial charge in [0.05, 0.1) is 5.39 Å². The lowest BCUT2D eigenvalue weighted by Crippen LogP contribution is -2.33. The number of hydrogen-bond donors (Lipinski definition) is 1. The van der Waals surface area contributed by atoms with Crippen LogP contribution in [0.2, 0.25) is 0 Å². The average molecular weight is 376 g/mol. The van der Waals surface area contributed by atoms with Crippen LogP contribution in [0.1, 0.15) is 36.1 Å². The zero-order valence-corrected chi connectivity index (χ0v) is 15.9. The SMILES string of the molecule is O=C(Cn1cnc2nc3c(cc2c1=O)CCCC3)NCCCc1ccccc1. The second-order valence-corrected chi connectivity index (χ2v) is 7.29. The number of aryl methyl sites for hydroxylation is 3. The smallest absolute Gasteiger partial charge is 0.263 e. The minimum absolute atomic E-state index is 0.0236. The first-order valence-electron chi connectivity index (χ1n) is 9.89. The predicted molar refractivity (Wildman–Crippen MR) is 108 cm³/mol. The Bertz CT molecular complexity index is 1040. The highest BCUT2D eigenvalue weighted by Gasteiger charge is 2.15. The maximum atomic E-state index is 12.8. The van der Waals surface area contributed by atoms with Crippen molar-refractivity contribution in [2.45, 2.75) is 45.1 Å². The summed E-state index contributed by atoms with van der Waals surface area (Å²) in [6.07, 6.45) is 7.35. The number of carbonyl (C=O) groups is 1. The molecule has 28 heavy (non-hydrogen) atoms. The van der Waals surface area contributed by atoms with E-state index in [9.17, 15) is 9.59 Å². The van der Waals surface area contributed by atoms with Crippen molar-refractivity contribution in [1.82, 2.24) is 19.9 Å². The van der Waals surface area contributed by atoms with Crippen molar-refractivity contribution in [1.29, 1.82) is 0 Å². The lowest BCUT2D eigenvalue weighted by atomic mass is 9.95. The molecule has 6 heteroatoms. The van der Waals surface area contributed by atoms with Crippen molar-refractivity contribution in [2.24, 2.45) is 0 Å². The van der Waals surface area contributed by atoms with Crippen LogP contribution in [0.15, 0.2) is 47.5 Å². The number of fused-ring (bicyclic) bond motifs is 2. The molecule has 0 saturated carbocycles. The van der Waals surface area contributed by atoms with Crippen LogP contribution in [-0.4, -0.2) is 27.0 Å². The lowest BCUT2D eigenvalue weighted by Gasteiger charge is -2.15. The quantitative estimate of drug-likeness (QED) is 0.671. The van der Waals surface area contributed by atoms with E-state index < -0.39 is 0 Å². The zero-order valence-electron chi connectivity index (χ0n) is 15.9. The van der Waals surface area contributed by atoms with E-state index in [1.165, 1.54) is 16.5 Å². The van der Waals surface area contributed by atoms with Crippen LogP contribution in [0, 0.1) is 0 Å². The highest BCUT2D eigenvalue weighted by atomic mass is 16.2. The third-order valence-electron chi connectivity index (χ3n) is 5.21. The molecular formula is C22H24N4O2. The van der Waals surface area contributed by atoms with E-state index in [1.807, 2.05) is 24.3 Å². The van der Waals surface area contributed by atoms with Crippen LogP contribution < -0.4 is 10.9 Å². The first-order valence-corrected chi connectivity index (χ1v) is 9.89. The molecule has 0 aliphatic heterocycles. The number of aromatic nitrogens is 3. The molecule has 1 N–H and O–H groups in total. The van der Waals surface area contributed by atoms with Gasteiger partial charge < -0.3 is 5.32 Å². The van der Waals surface area contributed by atoms with Gasteiger partial charge in [0.25, 0.3) is 5.56 Å². The maximum absolute atomic E-state index is 12.8. The topological polar surface area (TPSA) is 76.9 Å². The van der Waals surface area contributed by atoms with Crippen molar-refractivity contribution in [3.05, 3.63) is 69.9 Å². The summed E-state index contributed by atoms with van der Waals surface area (Å²) in [5.41, 5.74) is 3.72. The summed E-state index contributed by atoms with van der Waals surface area (Å²) in [5.74, 6) is -0.178. The number of benzene rings is 1. The highest BCUT2D eigenvalue weighted by Crippen LogP contribution is 2.21. The number of amides is 1. The van der Waals surface area contributed by atoms with Crippen molar-refractivity contribution >= 4 is 16.9 Å². The lowest BCUT2D eigenvalue weighted by molar-refractivity contribution is -0.121. The van der Waals surface area contributed by atoms with Gasteiger partial charge in [-0.2, -0.15) is 0 Å². The summed E-state index contributed by atoms with van der Waals surface area (Å²) in [6, 6.07) is 12.1. The van der Waals surface area contributed by atoms with Crippen LogP contribution >= 0.6 is 0 Å². The van der Waals surface area contributed by atoms with Crippen molar-refractivity contribution in [2.75, 3.05) is 6.54 Å². The van der Waals surface area contributed by atoms with Gasteiger partial charge >= 0.3 is 0 Å². The molecule has 144 valence electrons. The molecule has 1 amide bonds. The highest BCUT2D eigenvalue weighted by molar-refractivity contribution is 5.77. The van der Waals surface area contributed by atoms with Gasteiger partial charge in [-0.1, -0.05) is 30.3 Å². The first-order chi connectivity index (χ1) is 13.7. The molecule has 0 atom stereocenters. The average Bonchev–Trinajstić information content (AvgIpc) is 2.73. The van der Waals surface area contributed by atoms with Crippen molar-refractivity contribution in [3.8, 4) is 0 Å². The van der Waals surface area contributed by atoms with Gasteiger partial charge in [0.1, 0.15) is 12.9 Å². The van der Waals surface area contributed by atoms with Crippen LogP contribution in [0.3, 0.4) is 0 Å². The van der Waals surface area contributed by atoms with Crippen LogP contribution in [0.25, 0.3) is 11.0 Å². The summed E-state index contributed by atoms with van der Waals surface area (Å²) in [4.78, 5) is 33.9. The Morgan fingerprint density at radius 1 is 1.14 bits per heavy atom. The maximum Gasteiger partial charge on any atom is 0.263 e. The van der Waals surface area contributed by atoms with Crippen LogP contribution in [0.5, 0.6) is 0 Å². The molecule has 2 aromatic heterocycles. The standard InChI is InChI=1S/C22H24N4O2/c27-20(23-12-6-9-16-7-2-1-3-8-16)14-26-15-24-21-18(22(26)28)13-17-10-4-5-11-19(17)25-21/h1-3,7-8,13,15H,4-6,9-12,14H2,(H,23,27). The fourth-order valence-electron chi connectivity index (χ4n) is 3.70. The van der Waals surface area contributed by atoms with E-state index in [1.54, 1.807) is 0 Å². The van der Waals surface area contributed by atoms with Gasteiger partial charge in [0.2, 0.25) is 5.91 Å². The molecule has 0 radical (unpaired) electrons. The Morgan fingerprint density at radius 2 is 1.96 bits per heavy atom. The number of pyridine rings is 1. The third-order valence-corrected chi connectivity index (χ3v) is 5.21. The Morgan fingerprint density at radius 3 is 2.82 bits per heavy atom. The molecule has 4 rings (SSSR count). The Balaban J connectivity index is 1.39. The number of nitrogens with zero attached hydrogens (tertiary/aromatic N) is 3. The second kappa shape index (κ2) is 8.33.